The molecule has 1 aliphatic rings. The summed E-state index contributed by atoms with van der Waals surface area (Å²) in [5, 5.41) is 20.1. The quantitative estimate of drug-likeness (QED) is 0.0910. The fraction of sp³-hybridized carbons (Fsp3) is 0.778. The molecule has 4 amide bonds. The van der Waals surface area contributed by atoms with E-state index in [0.717, 1.165) is 51.4 Å². The average molecular weight is 802 g/mol. The van der Waals surface area contributed by atoms with E-state index in [0.29, 0.717) is 18.5 Å². The van der Waals surface area contributed by atoms with Gasteiger partial charge in [0.1, 0.15) is 6.04 Å². The molecule has 1 aromatic carbocycles. The van der Waals surface area contributed by atoms with E-state index in [1.54, 1.807) is 47.1 Å². The third-order valence-corrected chi connectivity index (χ3v) is 12.4. The minimum atomic E-state index is -0.877. The van der Waals surface area contributed by atoms with Crippen LogP contribution in [0.25, 0.3) is 0 Å². The van der Waals surface area contributed by atoms with Gasteiger partial charge in [0.25, 0.3) is 0 Å². The van der Waals surface area contributed by atoms with Crippen molar-refractivity contribution in [2.24, 2.45) is 23.7 Å². The molecule has 1 aliphatic heterocycles. The van der Waals surface area contributed by atoms with Crippen LogP contribution in [0, 0.1) is 23.7 Å². The van der Waals surface area contributed by atoms with Gasteiger partial charge in [-0.1, -0.05) is 111 Å². The van der Waals surface area contributed by atoms with Crippen molar-refractivity contribution < 1.29 is 33.8 Å². The number of hydrogen-bond acceptors (Lipinski definition) is 8. The summed E-state index contributed by atoms with van der Waals surface area (Å²) in [6.45, 7) is 16.4. The Labute approximate surface area is 344 Å². The molecule has 1 aromatic rings. The number of likely N-dealkylation sites (N-methyl/N-ethyl adjacent to an activating group) is 2. The number of hydrogen-bond donors (Lipinski definition) is 4. The summed E-state index contributed by atoms with van der Waals surface area (Å²) in [4.78, 5) is 59.8. The molecule has 4 N–H and O–H groups in total. The van der Waals surface area contributed by atoms with Crippen molar-refractivity contribution in [3.8, 4) is 0 Å². The van der Waals surface area contributed by atoms with Crippen molar-refractivity contribution >= 4 is 23.6 Å². The third kappa shape index (κ3) is 14.0. The van der Waals surface area contributed by atoms with Gasteiger partial charge < -0.3 is 40.3 Å². The molecule has 12 heteroatoms. The van der Waals surface area contributed by atoms with E-state index < -0.39 is 48.4 Å². The van der Waals surface area contributed by atoms with E-state index in [-0.39, 0.29) is 53.8 Å². The number of nitrogens with one attached hydrogen (secondary N) is 3. The number of rotatable bonds is 26. The molecule has 0 aromatic heterocycles. The number of aliphatic hydroxyl groups excluding tert-OH is 1. The Kier molecular flexibility index (Phi) is 22.3. The van der Waals surface area contributed by atoms with Crippen molar-refractivity contribution in [1.29, 1.82) is 0 Å². The zero-order valence-electron chi connectivity index (χ0n) is 37.4. The summed E-state index contributed by atoms with van der Waals surface area (Å²) in [7, 11) is 6.74. The molecule has 0 radical (unpaired) electrons. The van der Waals surface area contributed by atoms with Crippen molar-refractivity contribution in [3.05, 3.63) is 35.9 Å². The van der Waals surface area contributed by atoms with Crippen molar-refractivity contribution in [3.63, 3.8) is 0 Å². The van der Waals surface area contributed by atoms with Crippen molar-refractivity contribution in [2.75, 3.05) is 34.9 Å². The number of unbranched alkanes of at least 4 members (excludes halogenated alkanes) is 2. The summed E-state index contributed by atoms with van der Waals surface area (Å²) >= 11 is 0. The summed E-state index contributed by atoms with van der Waals surface area (Å²) in [5.41, 5.74) is 0.714. The fourth-order valence-corrected chi connectivity index (χ4v) is 8.74. The van der Waals surface area contributed by atoms with Crippen LogP contribution in [0.3, 0.4) is 0 Å². The molecule has 0 saturated carbocycles. The Hall–Kier alpha value is -3.06. The molecule has 1 heterocycles. The van der Waals surface area contributed by atoms with Crippen LogP contribution in [0.1, 0.15) is 131 Å². The number of likely N-dealkylation sites (tertiary alicyclic amines) is 1. The zero-order valence-corrected chi connectivity index (χ0v) is 37.4. The van der Waals surface area contributed by atoms with Gasteiger partial charge in [0.2, 0.25) is 23.6 Å². The van der Waals surface area contributed by atoms with Crippen LogP contribution in [0.2, 0.25) is 0 Å². The molecule has 57 heavy (non-hydrogen) atoms. The second kappa shape index (κ2) is 25.4. The molecule has 1 fully saturated rings. The Morgan fingerprint density at radius 1 is 0.895 bits per heavy atom. The van der Waals surface area contributed by atoms with Crippen LogP contribution >= 0.6 is 0 Å². The van der Waals surface area contributed by atoms with Crippen molar-refractivity contribution in [1.82, 2.24) is 25.8 Å². The van der Waals surface area contributed by atoms with E-state index in [4.69, 9.17) is 9.47 Å². The highest BCUT2D eigenvalue weighted by Crippen LogP contribution is 2.31. The van der Waals surface area contributed by atoms with Crippen LogP contribution in [-0.4, -0.2) is 116 Å². The predicted octanol–water partition coefficient (Wildman–Crippen LogP) is 5.87. The largest absolute Gasteiger partial charge is 0.386 e. The molecule has 12 nitrogen and oxygen atoms in total. The van der Waals surface area contributed by atoms with E-state index >= 15 is 0 Å². The number of methoxy groups -OCH3 is 2. The maximum absolute atomic E-state index is 14.6. The first kappa shape index (κ1) is 50.1. The monoisotopic (exact) mass is 802 g/mol. The topological polar surface area (TPSA) is 150 Å². The number of carbonyl (C=O) groups excluding carboxylic acids is 4. The fourth-order valence-electron chi connectivity index (χ4n) is 8.74. The van der Waals surface area contributed by atoms with Gasteiger partial charge in [-0.3, -0.25) is 19.2 Å². The first-order chi connectivity index (χ1) is 27.1. The standard InChI is InChI=1S/C45H79N5O7/c1-13-16-22-30(6)39(46-9)44(54)48-38(29(4)5)45(55)49(10)40(33(15-3)23-17-14-2)36(56-11)28-37(51)50-27-21-26-35(50)42(57-12)31(7)43(53)47-32(8)41(52)34-24-19-18-20-25-34/h18-20,24-25,29-33,35-36,38-42,46,52H,13-17,21-23,26-28H2,1-12H3,(H,47,53)(H,48,54). The molecule has 0 aliphatic carbocycles. The molecule has 326 valence electrons. The van der Waals surface area contributed by atoms with Crippen LogP contribution < -0.4 is 16.0 Å². The zero-order chi connectivity index (χ0) is 42.8. The Morgan fingerprint density at radius 3 is 2.07 bits per heavy atom. The second-order valence-electron chi connectivity index (χ2n) is 16.8. The van der Waals surface area contributed by atoms with Gasteiger partial charge in [0.15, 0.2) is 0 Å². The molecular weight excluding hydrogens is 723 g/mol. The minimum absolute atomic E-state index is 0.0463. The Bertz CT molecular complexity index is 1350. The summed E-state index contributed by atoms with van der Waals surface area (Å²) in [6.07, 6.45) is 6.01. The lowest BCUT2D eigenvalue weighted by molar-refractivity contribution is -0.148. The maximum Gasteiger partial charge on any atom is 0.245 e. The number of amides is 4. The van der Waals surface area contributed by atoms with Gasteiger partial charge in [-0.2, -0.15) is 0 Å². The average Bonchev–Trinajstić information content (AvgIpc) is 3.69. The first-order valence-electron chi connectivity index (χ1n) is 21.8. The number of aliphatic hydroxyl groups is 1. The lowest BCUT2D eigenvalue weighted by Gasteiger charge is -2.42. The maximum atomic E-state index is 14.6. The van der Waals surface area contributed by atoms with Crippen LogP contribution in [0.15, 0.2) is 30.3 Å². The van der Waals surface area contributed by atoms with Gasteiger partial charge in [-0.25, -0.2) is 0 Å². The SMILES string of the molecule is CCCCC(C)C(NC)C(=O)NC(C(=O)N(C)C(C(CC)CCCC)C(CC(=O)N1CCCC1C(OC)C(C)C(=O)NC(C)C(O)c1ccccc1)OC)C(C)C. The van der Waals surface area contributed by atoms with Gasteiger partial charge in [0, 0.05) is 27.8 Å². The number of benzene rings is 1. The highest BCUT2D eigenvalue weighted by atomic mass is 16.5. The van der Waals surface area contributed by atoms with E-state index in [2.05, 4.69) is 43.6 Å². The molecule has 1 saturated heterocycles. The highest BCUT2D eigenvalue weighted by molar-refractivity contribution is 5.90. The van der Waals surface area contributed by atoms with Crippen molar-refractivity contribution in [2.45, 2.75) is 168 Å². The molecule has 0 spiro atoms. The van der Waals surface area contributed by atoms with Gasteiger partial charge in [0.05, 0.1) is 54.8 Å². The number of carbonyl (C=O) groups is 4. The lowest BCUT2D eigenvalue weighted by Crippen LogP contribution is -2.60. The summed E-state index contributed by atoms with van der Waals surface area (Å²) in [5.74, 6) is -1.39. The lowest BCUT2D eigenvalue weighted by atomic mass is 9.84. The number of nitrogens with zero attached hydrogens (tertiary/aromatic N) is 2. The second-order valence-corrected chi connectivity index (χ2v) is 16.8. The van der Waals surface area contributed by atoms with Crippen LogP contribution in [0.5, 0.6) is 0 Å². The molecule has 11 atom stereocenters. The van der Waals surface area contributed by atoms with Crippen LogP contribution in [-0.2, 0) is 28.7 Å². The highest BCUT2D eigenvalue weighted by Gasteiger charge is 2.44. The van der Waals surface area contributed by atoms with Gasteiger partial charge in [-0.15, -0.1) is 0 Å². The Morgan fingerprint density at radius 2 is 1.53 bits per heavy atom. The number of ether oxygens (including phenoxy) is 2. The minimum Gasteiger partial charge on any atom is -0.386 e. The Balaban J connectivity index is 2.34. The van der Waals surface area contributed by atoms with E-state index in [9.17, 15) is 24.3 Å². The van der Waals surface area contributed by atoms with E-state index in [1.807, 2.05) is 49.1 Å². The predicted molar refractivity (Wildman–Crippen MR) is 227 cm³/mol. The third-order valence-electron chi connectivity index (χ3n) is 12.4. The van der Waals surface area contributed by atoms with Gasteiger partial charge >= 0.3 is 0 Å². The molecule has 2 rings (SSSR count). The molecular formula is C45H79N5O7. The first-order valence-corrected chi connectivity index (χ1v) is 21.8. The molecule has 0 bridgehead atoms. The van der Waals surface area contributed by atoms with E-state index in [1.165, 1.54) is 0 Å². The van der Waals surface area contributed by atoms with Crippen LogP contribution in [0.4, 0.5) is 0 Å². The molecule has 11 unspecified atom stereocenters. The smallest absolute Gasteiger partial charge is 0.245 e. The summed E-state index contributed by atoms with van der Waals surface area (Å²) in [6, 6.07) is 6.74. The normalized spacial score (nSPS) is 19.8. The van der Waals surface area contributed by atoms with Gasteiger partial charge in [-0.05, 0) is 63.0 Å². The summed E-state index contributed by atoms with van der Waals surface area (Å²) < 4.78 is 12.1.